The summed E-state index contributed by atoms with van der Waals surface area (Å²) in [6.07, 6.45) is 0.569. The van der Waals surface area contributed by atoms with Crippen molar-refractivity contribution in [2.75, 3.05) is 0 Å². The van der Waals surface area contributed by atoms with Crippen LogP contribution in [0.3, 0.4) is 0 Å². The van der Waals surface area contributed by atoms with Crippen LogP contribution in [-0.2, 0) is 11.2 Å². The maximum atomic E-state index is 11.2. The van der Waals surface area contributed by atoms with Crippen molar-refractivity contribution in [3.8, 4) is 0 Å². The topological polar surface area (TPSA) is 37.3 Å². The molecular weight excluding hydrogens is 232 g/mol. The highest BCUT2D eigenvalue weighted by Crippen LogP contribution is 2.32. The minimum Gasteiger partial charge on any atom is -0.481 e. The maximum absolute atomic E-state index is 11.2. The number of aryl methyl sites for hydroxylation is 1. The van der Waals surface area contributed by atoms with Crippen molar-refractivity contribution in [3.05, 3.63) is 34.7 Å². The molecule has 2 nitrogen and oxygen atoms in total. The molecule has 0 saturated carbocycles. The van der Waals surface area contributed by atoms with Gasteiger partial charge >= 0.3 is 5.97 Å². The average molecular weight is 248 g/mol. The van der Waals surface area contributed by atoms with Crippen LogP contribution in [0, 0.1) is 12.3 Å². The van der Waals surface area contributed by atoms with Crippen molar-refractivity contribution >= 4 is 27.4 Å². The van der Waals surface area contributed by atoms with Crippen molar-refractivity contribution < 1.29 is 9.90 Å². The van der Waals surface area contributed by atoms with Gasteiger partial charge in [-0.05, 0) is 44.2 Å². The molecule has 0 aliphatic rings. The molecule has 1 aromatic carbocycles. The van der Waals surface area contributed by atoms with Crippen LogP contribution >= 0.6 is 11.3 Å². The van der Waals surface area contributed by atoms with Gasteiger partial charge in [0.15, 0.2) is 0 Å². The molecule has 0 radical (unpaired) electrons. The van der Waals surface area contributed by atoms with Gasteiger partial charge in [-0.1, -0.05) is 18.2 Å². The monoisotopic (exact) mass is 248 g/mol. The van der Waals surface area contributed by atoms with E-state index >= 15 is 0 Å². The Hall–Kier alpha value is -1.35. The zero-order valence-corrected chi connectivity index (χ0v) is 11.1. The lowest BCUT2D eigenvalue weighted by Crippen LogP contribution is -2.26. The fourth-order valence-corrected chi connectivity index (χ4v) is 2.97. The highest BCUT2D eigenvalue weighted by Gasteiger charge is 2.28. The largest absolute Gasteiger partial charge is 0.481 e. The molecule has 1 aromatic heterocycles. The molecule has 1 N–H and O–H groups in total. The van der Waals surface area contributed by atoms with Crippen molar-refractivity contribution in [1.82, 2.24) is 0 Å². The number of thiophene rings is 1. The van der Waals surface area contributed by atoms with Gasteiger partial charge in [0.25, 0.3) is 0 Å². The van der Waals surface area contributed by atoms with E-state index < -0.39 is 11.4 Å². The van der Waals surface area contributed by atoms with Gasteiger partial charge in [0.2, 0.25) is 0 Å². The normalized spacial score (nSPS) is 11.9. The molecule has 0 atom stereocenters. The Balaban J connectivity index is 2.46. The first kappa shape index (κ1) is 12.1. The Kier molecular flexibility index (Phi) is 2.96. The molecule has 0 aliphatic heterocycles. The van der Waals surface area contributed by atoms with Crippen molar-refractivity contribution in [1.29, 1.82) is 0 Å². The van der Waals surface area contributed by atoms with Gasteiger partial charge in [-0.25, -0.2) is 0 Å². The predicted molar refractivity (Wildman–Crippen MR) is 71.7 cm³/mol. The summed E-state index contributed by atoms with van der Waals surface area (Å²) >= 11 is 1.74. The summed E-state index contributed by atoms with van der Waals surface area (Å²) in [5.74, 6) is -0.747. The standard InChI is InChI=1S/C14H16O2S/c1-9-7-10-5-4-6-11(12(10)17-9)8-14(2,3)13(15)16/h4-7H,8H2,1-3H3,(H,15,16). The second kappa shape index (κ2) is 4.15. The molecule has 0 spiro atoms. The molecule has 0 aliphatic carbocycles. The van der Waals surface area contributed by atoms with Crippen LogP contribution in [0.25, 0.3) is 10.1 Å². The third kappa shape index (κ3) is 2.34. The number of aliphatic carboxylic acids is 1. The molecule has 0 fully saturated rings. The molecule has 0 unspecified atom stereocenters. The van der Waals surface area contributed by atoms with Crippen molar-refractivity contribution in [2.24, 2.45) is 5.41 Å². The van der Waals surface area contributed by atoms with E-state index in [-0.39, 0.29) is 0 Å². The number of carboxylic acid groups (broad SMARTS) is 1. The van der Waals surface area contributed by atoms with Crippen LogP contribution in [-0.4, -0.2) is 11.1 Å². The minimum absolute atomic E-state index is 0.569. The van der Waals surface area contributed by atoms with Gasteiger partial charge in [0.05, 0.1) is 5.41 Å². The van der Waals surface area contributed by atoms with Gasteiger partial charge < -0.3 is 5.11 Å². The lowest BCUT2D eigenvalue weighted by molar-refractivity contribution is -0.146. The first-order valence-electron chi connectivity index (χ1n) is 5.61. The van der Waals surface area contributed by atoms with Crippen LogP contribution in [0.2, 0.25) is 0 Å². The number of carboxylic acids is 1. The number of fused-ring (bicyclic) bond motifs is 1. The Bertz CT molecular complexity index is 567. The third-order valence-corrected chi connectivity index (χ3v) is 4.10. The van der Waals surface area contributed by atoms with Crippen LogP contribution < -0.4 is 0 Å². The second-order valence-electron chi connectivity index (χ2n) is 5.06. The Morgan fingerprint density at radius 3 is 2.76 bits per heavy atom. The van der Waals surface area contributed by atoms with Gasteiger partial charge in [0.1, 0.15) is 0 Å². The van der Waals surface area contributed by atoms with E-state index in [0.29, 0.717) is 6.42 Å². The molecule has 90 valence electrons. The molecule has 17 heavy (non-hydrogen) atoms. The summed E-state index contributed by atoms with van der Waals surface area (Å²) in [6.45, 7) is 5.63. The Labute approximate surface area is 105 Å². The van der Waals surface area contributed by atoms with E-state index in [1.165, 1.54) is 15.0 Å². The summed E-state index contributed by atoms with van der Waals surface area (Å²) in [4.78, 5) is 12.4. The smallest absolute Gasteiger partial charge is 0.309 e. The molecule has 0 saturated heterocycles. The summed E-state index contributed by atoms with van der Waals surface area (Å²) in [6, 6.07) is 8.26. The fourth-order valence-electron chi connectivity index (χ4n) is 1.94. The van der Waals surface area contributed by atoms with E-state index in [2.05, 4.69) is 19.1 Å². The van der Waals surface area contributed by atoms with E-state index in [1.54, 1.807) is 25.2 Å². The van der Waals surface area contributed by atoms with Gasteiger partial charge in [0, 0.05) is 9.58 Å². The molecule has 2 aromatic rings. The lowest BCUT2D eigenvalue weighted by atomic mass is 9.86. The SMILES string of the molecule is Cc1cc2cccc(CC(C)(C)C(=O)O)c2s1. The van der Waals surface area contributed by atoms with Crippen molar-refractivity contribution in [3.63, 3.8) is 0 Å². The predicted octanol–water partition coefficient (Wildman–Crippen LogP) is 3.86. The second-order valence-corrected chi connectivity index (χ2v) is 6.31. The quantitative estimate of drug-likeness (QED) is 0.895. The molecular formula is C14H16O2S. The number of benzene rings is 1. The number of carbonyl (C=O) groups is 1. The van der Waals surface area contributed by atoms with E-state index in [0.717, 1.165) is 5.56 Å². The summed E-state index contributed by atoms with van der Waals surface area (Å²) in [5.41, 5.74) is 0.416. The zero-order chi connectivity index (χ0) is 12.6. The van der Waals surface area contributed by atoms with Crippen LogP contribution in [0.5, 0.6) is 0 Å². The number of hydrogen-bond donors (Lipinski definition) is 1. The molecule has 1 heterocycles. The molecule has 2 rings (SSSR count). The maximum Gasteiger partial charge on any atom is 0.309 e. The van der Waals surface area contributed by atoms with Crippen LogP contribution in [0.15, 0.2) is 24.3 Å². The third-order valence-electron chi connectivity index (χ3n) is 2.96. The van der Waals surface area contributed by atoms with E-state index in [9.17, 15) is 9.90 Å². The molecule has 0 amide bonds. The van der Waals surface area contributed by atoms with Crippen molar-refractivity contribution in [2.45, 2.75) is 27.2 Å². The highest BCUT2D eigenvalue weighted by molar-refractivity contribution is 7.19. The number of hydrogen-bond acceptors (Lipinski definition) is 2. The zero-order valence-electron chi connectivity index (χ0n) is 10.3. The first-order chi connectivity index (χ1) is 7.90. The fraction of sp³-hybridized carbons (Fsp3) is 0.357. The van der Waals surface area contributed by atoms with Crippen LogP contribution in [0.4, 0.5) is 0 Å². The molecule has 0 bridgehead atoms. The average Bonchev–Trinajstić information content (AvgIpc) is 2.59. The summed E-state index contributed by atoms with van der Waals surface area (Å²) in [7, 11) is 0. The van der Waals surface area contributed by atoms with Gasteiger partial charge in [-0.3, -0.25) is 4.79 Å². The van der Waals surface area contributed by atoms with E-state index in [4.69, 9.17) is 0 Å². The lowest BCUT2D eigenvalue weighted by Gasteiger charge is -2.19. The molecule has 3 heteroatoms. The van der Waals surface area contributed by atoms with Crippen LogP contribution in [0.1, 0.15) is 24.3 Å². The van der Waals surface area contributed by atoms with E-state index in [1.807, 2.05) is 12.1 Å². The Morgan fingerprint density at radius 2 is 2.12 bits per heavy atom. The first-order valence-corrected chi connectivity index (χ1v) is 6.43. The highest BCUT2D eigenvalue weighted by atomic mass is 32.1. The Morgan fingerprint density at radius 1 is 1.41 bits per heavy atom. The summed E-state index contributed by atoms with van der Waals surface area (Å²) in [5, 5.41) is 10.4. The number of rotatable bonds is 3. The summed E-state index contributed by atoms with van der Waals surface area (Å²) < 4.78 is 1.22. The minimum atomic E-state index is -0.747. The van der Waals surface area contributed by atoms with Gasteiger partial charge in [-0.2, -0.15) is 0 Å². The van der Waals surface area contributed by atoms with Gasteiger partial charge in [-0.15, -0.1) is 11.3 Å².